The van der Waals surface area contributed by atoms with E-state index in [9.17, 15) is 19.7 Å². The Labute approximate surface area is 184 Å². The summed E-state index contributed by atoms with van der Waals surface area (Å²) in [6, 6.07) is 12.0. The molecule has 10 nitrogen and oxygen atoms in total. The molecular formula is C22H24N6O4. The van der Waals surface area contributed by atoms with Gasteiger partial charge in [-0.2, -0.15) is 0 Å². The van der Waals surface area contributed by atoms with Crippen molar-refractivity contribution in [3.63, 3.8) is 0 Å². The molecule has 2 heterocycles. The number of benzene rings is 2. The number of nitrogens with zero attached hydrogens (tertiary/aromatic N) is 5. The van der Waals surface area contributed by atoms with Gasteiger partial charge in [0.1, 0.15) is 5.69 Å². The van der Waals surface area contributed by atoms with Gasteiger partial charge in [0.05, 0.1) is 16.0 Å². The largest absolute Gasteiger partial charge is 0.362 e. The van der Waals surface area contributed by atoms with Crippen molar-refractivity contribution in [1.29, 1.82) is 0 Å². The lowest BCUT2D eigenvalue weighted by Gasteiger charge is -2.35. The van der Waals surface area contributed by atoms with E-state index in [-0.39, 0.29) is 17.2 Å². The van der Waals surface area contributed by atoms with Crippen LogP contribution in [0.4, 0.5) is 17.3 Å². The van der Waals surface area contributed by atoms with Gasteiger partial charge in [-0.05, 0) is 31.2 Å². The van der Waals surface area contributed by atoms with Crippen molar-refractivity contribution >= 4 is 40.2 Å². The molecule has 0 aliphatic carbocycles. The number of amides is 2. The smallest absolute Gasteiger partial charge is 0.293 e. The van der Waals surface area contributed by atoms with E-state index in [0.717, 1.165) is 11.0 Å². The third-order valence-electron chi connectivity index (χ3n) is 5.70. The van der Waals surface area contributed by atoms with E-state index in [1.54, 1.807) is 17.0 Å². The Morgan fingerprint density at radius 1 is 1.12 bits per heavy atom. The summed E-state index contributed by atoms with van der Waals surface area (Å²) in [5, 5.41) is 14.5. The number of nitro groups is 1. The highest BCUT2D eigenvalue weighted by Gasteiger charge is 2.26. The summed E-state index contributed by atoms with van der Waals surface area (Å²) in [5.74, 6) is -0.0823. The summed E-state index contributed by atoms with van der Waals surface area (Å²) >= 11 is 0. The normalized spacial score (nSPS) is 13.9. The molecule has 1 N–H and O–H groups in total. The number of carbonyl (C=O) groups excluding carboxylic acids is 2. The number of rotatable bonds is 5. The lowest BCUT2D eigenvalue weighted by atomic mass is 10.1. The fourth-order valence-electron chi connectivity index (χ4n) is 4.01. The number of aromatic nitrogens is 2. The van der Waals surface area contributed by atoms with Crippen LogP contribution in [0.5, 0.6) is 0 Å². The number of piperazine rings is 1. The monoisotopic (exact) mass is 436 g/mol. The van der Waals surface area contributed by atoms with Gasteiger partial charge in [0.25, 0.3) is 11.6 Å². The molecule has 166 valence electrons. The Morgan fingerprint density at radius 3 is 2.50 bits per heavy atom. The van der Waals surface area contributed by atoms with Crippen molar-refractivity contribution in [2.75, 3.05) is 36.4 Å². The minimum atomic E-state index is -0.481. The Bertz CT molecular complexity index is 1200. The number of nitrogens with one attached hydrogen (secondary N) is 1. The number of nitro benzene ring substituents is 1. The van der Waals surface area contributed by atoms with Crippen molar-refractivity contribution < 1.29 is 14.5 Å². The van der Waals surface area contributed by atoms with Crippen LogP contribution in [0, 0.1) is 10.1 Å². The zero-order chi connectivity index (χ0) is 22.8. The van der Waals surface area contributed by atoms with Gasteiger partial charge in [0, 0.05) is 51.3 Å². The predicted molar refractivity (Wildman–Crippen MR) is 121 cm³/mol. The first-order valence-corrected chi connectivity index (χ1v) is 10.4. The van der Waals surface area contributed by atoms with Crippen LogP contribution in [-0.4, -0.2) is 57.4 Å². The van der Waals surface area contributed by atoms with Gasteiger partial charge in [0.2, 0.25) is 11.9 Å². The van der Waals surface area contributed by atoms with Crippen LogP contribution in [0.15, 0.2) is 42.5 Å². The molecule has 1 saturated heterocycles. The molecule has 3 aromatic rings. The van der Waals surface area contributed by atoms with Crippen LogP contribution < -0.4 is 10.2 Å². The van der Waals surface area contributed by atoms with Gasteiger partial charge >= 0.3 is 0 Å². The summed E-state index contributed by atoms with van der Waals surface area (Å²) in [5.41, 5.74) is 2.14. The maximum atomic E-state index is 12.9. The number of aryl methyl sites for hydroxylation is 1. The maximum absolute atomic E-state index is 12.9. The minimum Gasteiger partial charge on any atom is -0.362 e. The lowest BCUT2D eigenvalue weighted by Crippen LogP contribution is -2.48. The topological polar surface area (TPSA) is 114 Å². The highest BCUT2D eigenvalue weighted by Crippen LogP contribution is 2.30. The van der Waals surface area contributed by atoms with Crippen LogP contribution in [0.3, 0.4) is 0 Å². The average molecular weight is 436 g/mol. The number of imidazole rings is 1. The van der Waals surface area contributed by atoms with E-state index >= 15 is 0 Å². The Hall–Kier alpha value is -3.95. The van der Waals surface area contributed by atoms with Gasteiger partial charge < -0.3 is 14.4 Å². The van der Waals surface area contributed by atoms with Gasteiger partial charge in [-0.15, -0.1) is 0 Å². The summed E-state index contributed by atoms with van der Waals surface area (Å²) < 4.78 is 1.88. The third kappa shape index (κ3) is 3.98. The van der Waals surface area contributed by atoms with Crippen LogP contribution in [0.25, 0.3) is 11.0 Å². The van der Waals surface area contributed by atoms with Crippen molar-refractivity contribution in [2.24, 2.45) is 0 Å². The Kier molecular flexibility index (Phi) is 5.76. The zero-order valence-electron chi connectivity index (χ0n) is 17.9. The van der Waals surface area contributed by atoms with Crippen molar-refractivity contribution in [1.82, 2.24) is 14.5 Å². The highest BCUT2D eigenvalue weighted by atomic mass is 16.6. The Morgan fingerprint density at radius 2 is 1.84 bits per heavy atom. The molecule has 0 radical (unpaired) electrons. The summed E-state index contributed by atoms with van der Waals surface area (Å²) in [6.07, 6.45) is 0. The standard InChI is InChI=1S/C22H24N6O4/c1-3-27-18-7-5-4-6-17(18)23-22(27)24-21(30)16-8-9-19(20(14-16)28(31)32)26-12-10-25(11-13-26)15(2)29/h4-9,14H,3,10-13H2,1-2H3,(H,23,24,30). The number of hydrogen-bond acceptors (Lipinski definition) is 6. The molecule has 2 aromatic carbocycles. The fourth-order valence-corrected chi connectivity index (χ4v) is 4.01. The molecule has 1 aliphatic heterocycles. The molecule has 0 saturated carbocycles. The molecule has 1 aliphatic rings. The first-order chi connectivity index (χ1) is 15.4. The number of anilines is 2. The highest BCUT2D eigenvalue weighted by molar-refractivity contribution is 6.05. The molecule has 32 heavy (non-hydrogen) atoms. The molecule has 2 amide bonds. The van der Waals surface area contributed by atoms with Crippen LogP contribution in [-0.2, 0) is 11.3 Å². The summed E-state index contributed by atoms with van der Waals surface area (Å²) in [6.45, 7) is 6.07. The first-order valence-electron chi connectivity index (χ1n) is 10.4. The second-order valence-corrected chi connectivity index (χ2v) is 7.58. The number of hydrogen-bond donors (Lipinski definition) is 1. The van der Waals surface area contributed by atoms with Gasteiger partial charge in [-0.25, -0.2) is 4.98 Å². The van der Waals surface area contributed by atoms with Crippen LogP contribution in [0.2, 0.25) is 0 Å². The number of fused-ring (bicyclic) bond motifs is 1. The van der Waals surface area contributed by atoms with Crippen LogP contribution >= 0.6 is 0 Å². The predicted octanol–water partition coefficient (Wildman–Crippen LogP) is 2.89. The van der Waals surface area contributed by atoms with E-state index in [1.165, 1.54) is 13.0 Å². The lowest BCUT2D eigenvalue weighted by molar-refractivity contribution is -0.384. The molecule has 1 fully saturated rings. The van der Waals surface area contributed by atoms with E-state index in [4.69, 9.17) is 0 Å². The van der Waals surface area contributed by atoms with E-state index < -0.39 is 10.8 Å². The molecule has 0 atom stereocenters. The second-order valence-electron chi connectivity index (χ2n) is 7.58. The SMILES string of the molecule is CCn1c(NC(=O)c2ccc(N3CCN(C(C)=O)CC3)c([N+](=O)[O-])c2)nc2ccccc21. The molecular weight excluding hydrogens is 412 g/mol. The van der Waals surface area contributed by atoms with Gasteiger partial charge in [-0.3, -0.25) is 25.0 Å². The molecule has 0 bridgehead atoms. The molecule has 0 unspecified atom stereocenters. The van der Waals surface area contributed by atoms with E-state index in [0.29, 0.717) is 44.4 Å². The molecule has 10 heteroatoms. The van der Waals surface area contributed by atoms with Crippen LogP contribution in [0.1, 0.15) is 24.2 Å². The summed E-state index contributed by atoms with van der Waals surface area (Å²) in [7, 11) is 0. The number of carbonyl (C=O) groups is 2. The minimum absolute atomic E-state index is 0.00994. The first kappa shape index (κ1) is 21.3. The van der Waals surface area contributed by atoms with Crippen molar-refractivity contribution in [3.05, 3.63) is 58.1 Å². The maximum Gasteiger partial charge on any atom is 0.293 e. The van der Waals surface area contributed by atoms with Gasteiger partial charge in [0.15, 0.2) is 0 Å². The molecule has 4 rings (SSSR count). The average Bonchev–Trinajstić information content (AvgIpc) is 3.15. The van der Waals surface area contributed by atoms with Crippen molar-refractivity contribution in [2.45, 2.75) is 20.4 Å². The quantitative estimate of drug-likeness (QED) is 0.486. The molecule has 1 aromatic heterocycles. The van der Waals surface area contributed by atoms with Gasteiger partial charge in [-0.1, -0.05) is 12.1 Å². The summed E-state index contributed by atoms with van der Waals surface area (Å²) in [4.78, 5) is 43.8. The second kappa shape index (κ2) is 8.66. The van der Waals surface area contributed by atoms with E-state index in [1.807, 2.05) is 40.7 Å². The number of para-hydroxylation sites is 2. The zero-order valence-corrected chi connectivity index (χ0v) is 17.9. The van der Waals surface area contributed by atoms with E-state index in [2.05, 4.69) is 10.3 Å². The molecule has 0 spiro atoms. The fraction of sp³-hybridized carbons (Fsp3) is 0.318. The Balaban J connectivity index is 1.58. The van der Waals surface area contributed by atoms with Crippen molar-refractivity contribution in [3.8, 4) is 0 Å². The third-order valence-corrected chi connectivity index (χ3v) is 5.70.